The first-order valence-electron chi connectivity index (χ1n) is 14.3. The lowest BCUT2D eigenvalue weighted by atomic mass is 10.1. The van der Waals surface area contributed by atoms with Gasteiger partial charge in [0.15, 0.2) is 0 Å². The molecular formula is C34H56N2. The second-order valence-electron chi connectivity index (χ2n) is 11.2. The number of allylic oxidation sites excluding steroid dienone is 8. The minimum absolute atomic E-state index is 0.477. The first-order valence-corrected chi connectivity index (χ1v) is 14.3. The molecule has 0 heterocycles. The van der Waals surface area contributed by atoms with E-state index < -0.39 is 0 Å². The summed E-state index contributed by atoms with van der Waals surface area (Å²) >= 11 is 0. The van der Waals surface area contributed by atoms with E-state index in [4.69, 9.17) is 0 Å². The highest BCUT2D eigenvalue weighted by Crippen LogP contribution is 2.15. The molecule has 0 saturated heterocycles. The van der Waals surface area contributed by atoms with Gasteiger partial charge in [-0.25, -0.2) is 0 Å². The molecule has 0 aromatic heterocycles. The highest BCUT2D eigenvalue weighted by Gasteiger charge is 2.03. The van der Waals surface area contributed by atoms with Gasteiger partial charge in [-0.3, -0.25) is 0 Å². The molecule has 0 aliphatic heterocycles. The molecule has 0 aliphatic rings. The average molecular weight is 493 g/mol. The molecule has 36 heavy (non-hydrogen) atoms. The maximum Gasteiger partial charge on any atom is 0.0342 e. The van der Waals surface area contributed by atoms with Crippen LogP contribution in [0.4, 0.5) is 5.69 Å². The van der Waals surface area contributed by atoms with Gasteiger partial charge in [0.05, 0.1) is 0 Å². The van der Waals surface area contributed by atoms with Crippen LogP contribution in [0.25, 0.3) is 0 Å². The molecule has 0 bridgehead atoms. The molecule has 2 nitrogen and oxygen atoms in total. The van der Waals surface area contributed by atoms with E-state index in [1.165, 1.54) is 65.6 Å². The Morgan fingerprint density at radius 2 is 1.17 bits per heavy atom. The second kappa shape index (κ2) is 19.1. The lowest BCUT2D eigenvalue weighted by Crippen LogP contribution is -2.27. The Hall–Kier alpha value is -2.06. The van der Waals surface area contributed by atoms with Gasteiger partial charge in [0.25, 0.3) is 0 Å². The van der Waals surface area contributed by atoms with Gasteiger partial charge in [0, 0.05) is 17.8 Å². The first-order chi connectivity index (χ1) is 17.2. The molecule has 1 aromatic carbocycles. The third-order valence-electron chi connectivity index (χ3n) is 6.64. The van der Waals surface area contributed by atoms with Crippen LogP contribution in [0.1, 0.15) is 112 Å². The highest BCUT2D eigenvalue weighted by atomic mass is 14.9. The fourth-order valence-electron chi connectivity index (χ4n) is 4.23. The van der Waals surface area contributed by atoms with Crippen molar-refractivity contribution < 1.29 is 0 Å². The molecule has 2 atom stereocenters. The van der Waals surface area contributed by atoms with E-state index in [0.717, 1.165) is 32.2 Å². The van der Waals surface area contributed by atoms with Crippen molar-refractivity contribution in [1.29, 1.82) is 0 Å². The lowest BCUT2D eigenvalue weighted by molar-refractivity contribution is 0.521. The van der Waals surface area contributed by atoms with Crippen LogP contribution in [0.5, 0.6) is 0 Å². The zero-order valence-electron chi connectivity index (χ0n) is 24.8. The standard InChI is InChI=1S/C34H56N2/c1-27(2)13-9-15-29(5)17-11-19-31(7)35-26-25-33-21-23-34(24-22-33)36-32(8)20-12-18-30(6)16-10-14-28(3)4/h13-14,17-18,21-24,31-32,35-36H,9-12,15-16,19-20,25-26H2,1-8H3/b29-17+,30-18+. The summed E-state index contributed by atoms with van der Waals surface area (Å²) in [4.78, 5) is 0. The number of anilines is 1. The van der Waals surface area contributed by atoms with E-state index in [0.29, 0.717) is 12.1 Å². The second-order valence-corrected chi connectivity index (χ2v) is 11.2. The molecule has 0 radical (unpaired) electrons. The zero-order valence-corrected chi connectivity index (χ0v) is 24.8. The fourth-order valence-corrected chi connectivity index (χ4v) is 4.23. The molecule has 202 valence electrons. The van der Waals surface area contributed by atoms with E-state index in [1.807, 2.05) is 0 Å². The number of rotatable bonds is 18. The Morgan fingerprint density at radius 1 is 0.667 bits per heavy atom. The normalized spacial score (nSPS) is 13.8. The summed E-state index contributed by atoms with van der Waals surface area (Å²) < 4.78 is 0. The highest BCUT2D eigenvalue weighted by molar-refractivity contribution is 5.45. The van der Waals surface area contributed by atoms with Crippen LogP contribution in [0, 0.1) is 0 Å². The predicted octanol–water partition coefficient (Wildman–Crippen LogP) is 9.95. The Morgan fingerprint density at radius 3 is 1.67 bits per heavy atom. The minimum atomic E-state index is 0.477. The largest absolute Gasteiger partial charge is 0.383 e. The molecule has 2 N–H and O–H groups in total. The molecule has 1 aromatic rings. The summed E-state index contributed by atoms with van der Waals surface area (Å²) in [5, 5.41) is 7.36. The van der Waals surface area contributed by atoms with Crippen LogP contribution in [-0.2, 0) is 6.42 Å². The van der Waals surface area contributed by atoms with Gasteiger partial charge in [-0.1, -0.05) is 58.7 Å². The van der Waals surface area contributed by atoms with Crippen molar-refractivity contribution in [3.05, 3.63) is 76.4 Å². The van der Waals surface area contributed by atoms with Crippen molar-refractivity contribution in [2.24, 2.45) is 0 Å². The predicted molar refractivity (Wildman–Crippen MR) is 164 cm³/mol. The van der Waals surface area contributed by atoms with Crippen LogP contribution in [0.2, 0.25) is 0 Å². The van der Waals surface area contributed by atoms with Gasteiger partial charge in [0.2, 0.25) is 0 Å². The molecule has 1 rings (SSSR count). The Kier molecular flexibility index (Phi) is 17.0. The van der Waals surface area contributed by atoms with Crippen molar-refractivity contribution in [2.45, 2.75) is 125 Å². The summed E-state index contributed by atoms with van der Waals surface area (Å²) in [5.74, 6) is 0. The van der Waals surface area contributed by atoms with Crippen LogP contribution in [-0.4, -0.2) is 18.6 Å². The first kappa shape index (κ1) is 32.0. The van der Waals surface area contributed by atoms with Crippen molar-refractivity contribution in [2.75, 3.05) is 11.9 Å². The monoisotopic (exact) mass is 492 g/mol. The van der Waals surface area contributed by atoms with Crippen molar-refractivity contribution in [1.82, 2.24) is 5.32 Å². The minimum Gasteiger partial charge on any atom is -0.383 e. The Balaban J connectivity index is 2.25. The van der Waals surface area contributed by atoms with Gasteiger partial charge < -0.3 is 10.6 Å². The zero-order chi connectivity index (χ0) is 26.8. The molecule has 0 fully saturated rings. The summed E-state index contributed by atoms with van der Waals surface area (Å²) in [7, 11) is 0. The lowest BCUT2D eigenvalue weighted by Gasteiger charge is -2.16. The Bertz CT molecular complexity index is 830. The third-order valence-corrected chi connectivity index (χ3v) is 6.64. The quantitative estimate of drug-likeness (QED) is 0.199. The van der Waals surface area contributed by atoms with Crippen LogP contribution < -0.4 is 10.6 Å². The molecule has 0 aliphatic carbocycles. The SMILES string of the molecule is CC(C)=CCC/C(C)=C/CCC(C)NCCc1ccc(NC(C)CC/C=C(\C)CCC=C(C)C)cc1. The fraction of sp³-hybridized carbons (Fsp3) is 0.588. The molecular weight excluding hydrogens is 436 g/mol. The molecule has 0 saturated carbocycles. The maximum absolute atomic E-state index is 3.70. The van der Waals surface area contributed by atoms with Crippen LogP contribution in [0.3, 0.4) is 0 Å². The number of benzene rings is 1. The maximum atomic E-state index is 3.70. The Labute approximate surface area is 224 Å². The molecule has 0 spiro atoms. The van der Waals surface area contributed by atoms with Gasteiger partial charge >= 0.3 is 0 Å². The topological polar surface area (TPSA) is 24.1 Å². The van der Waals surface area contributed by atoms with Gasteiger partial charge in [-0.15, -0.1) is 0 Å². The van der Waals surface area contributed by atoms with E-state index in [1.54, 1.807) is 0 Å². The summed E-state index contributed by atoms with van der Waals surface area (Å²) in [6.07, 6.45) is 19.9. The number of nitrogens with one attached hydrogen (secondary N) is 2. The van der Waals surface area contributed by atoms with E-state index in [2.05, 4.69) is 115 Å². The van der Waals surface area contributed by atoms with Crippen molar-refractivity contribution in [3.63, 3.8) is 0 Å². The van der Waals surface area contributed by atoms with Crippen LogP contribution >= 0.6 is 0 Å². The number of hydrogen-bond donors (Lipinski definition) is 2. The van der Waals surface area contributed by atoms with Gasteiger partial charge in [0.1, 0.15) is 0 Å². The average Bonchev–Trinajstić information content (AvgIpc) is 2.79. The summed E-state index contributed by atoms with van der Waals surface area (Å²) in [6.45, 7) is 18.8. The molecule has 2 heteroatoms. The smallest absolute Gasteiger partial charge is 0.0342 e. The molecule has 0 amide bonds. The molecule has 2 unspecified atom stereocenters. The van der Waals surface area contributed by atoms with Gasteiger partial charge in [-0.2, -0.15) is 0 Å². The van der Waals surface area contributed by atoms with Gasteiger partial charge in [-0.05, 0) is 137 Å². The summed E-state index contributed by atoms with van der Waals surface area (Å²) in [5.41, 5.74) is 8.48. The van der Waals surface area contributed by atoms with Crippen LogP contribution in [0.15, 0.2) is 70.9 Å². The van der Waals surface area contributed by atoms with Crippen molar-refractivity contribution >= 4 is 5.69 Å². The van der Waals surface area contributed by atoms with E-state index >= 15 is 0 Å². The van der Waals surface area contributed by atoms with Crippen molar-refractivity contribution in [3.8, 4) is 0 Å². The summed E-state index contributed by atoms with van der Waals surface area (Å²) in [6, 6.07) is 10.0. The van der Waals surface area contributed by atoms with E-state index in [9.17, 15) is 0 Å². The van der Waals surface area contributed by atoms with E-state index in [-0.39, 0.29) is 0 Å². The number of hydrogen-bond acceptors (Lipinski definition) is 2. The third kappa shape index (κ3) is 17.4.